The first-order chi connectivity index (χ1) is 17.8. The Balaban J connectivity index is 1.35. The summed E-state index contributed by atoms with van der Waals surface area (Å²) in [4.78, 5) is 29.5. The number of carbonyl (C=O) groups is 2. The molecule has 2 amide bonds. The monoisotopic (exact) mass is 533 g/mol. The molecule has 0 bridgehead atoms. The smallest absolute Gasteiger partial charge is 0.258 e. The average molecular weight is 534 g/mol. The molecule has 0 aromatic heterocycles. The van der Waals surface area contributed by atoms with Crippen LogP contribution in [0.1, 0.15) is 54.1 Å². The van der Waals surface area contributed by atoms with Crippen molar-refractivity contribution in [1.29, 1.82) is 0 Å². The van der Waals surface area contributed by atoms with Crippen molar-refractivity contribution in [3.8, 4) is 0 Å². The van der Waals surface area contributed by atoms with Crippen LogP contribution in [0.25, 0.3) is 4.85 Å². The molecule has 0 aliphatic heterocycles. The van der Waals surface area contributed by atoms with Crippen LogP contribution < -0.4 is 10.6 Å². The van der Waals surface area contributed by atoms with Gasteiger partial charge in [0.1, 0.15) is 0 Å². The lowest BCUT2D eigenvalue weighted by Gasteiger charge is -2.30. The highest BCUT2D eigenvalue weighted by Gasteiger charge is 2.41. The summed E-state index contributed by atoms with van der Waals surface area (Å²) in [7, 11) is 0. The first kappa shape index (κ1) is 26.7. The number of amides is 2. The van der Waals surface area contributed by atoms with E-state index in [0.717, 1.165) is 36.8 Å². The standard InChI is InChI=1S/C30H29Cl2N3O2/c1-20(34-29(37)30(16-3-4-17-30)19-22-10-12-23(33-2)13-11-22)18-21-8-14-24(15-9-21)35-28(36)27-25(31)6-5-7-26(27)32/h5-15,20H,3-4,16-19H2,1H3,(H,34,37)(H,35,36). The molecule has 1 atom stereocenters. The summed E-state index contributed by atoms with van der Waals surface area (Å²) in [6.45, 7) is 9.15. The topological polar surface area (TPSA) is 62.6 Å². The van der Waals surface area contributed by atoms with Gasteiger partial charge in [-0.2, -0.15) is 0 Å². The zero-order valence-electron chi connectivity index (χ0n) is 20.7. The van der Waals surface area contributed by atoms with E-state index in [1.54, 1.807) is 18.2 Å². The summed E-state index contributed by atoms with van der Waals surface area (Å²) in [6.07, 6.45) is 5.21. The Morgan fingerprint density at radius 2 is 1.54 bits per heavy atom. The van der Waals surface area contributed by atoms with Gasteiger partial charge in [0.05, 0.1) is 27.6 Å². The van der Waals surface area contributed by atoms with Crippen LogP contribution in [0.3, 0.4) is 0 Å². The summed E-state index contributed by atoms with van der Waals surface area (Å²) in [6, 6.07) is 20.0. The third-order valence-electron chi connectivity index (χ3n) is 6.97. The second-order valence-corrected chi connectivity index (χ2v) is 10.6. The molecule has 1 saturated carbocycles. The van der Waals surface area contributed by atoms with Crippen LogP contribution in [0.2, 0.25) is 10.0 Å². The summed E-state index contributed by atoms with van der Waals surface area (Å²) in [5.41, 5.74) is 3.23. The van der Waals surface area contributed by atoms with Crippen molar-refractivity contribution in [2.45, 2.75) is 51.5 Å². The van der Waals surface area contributed by atoms with Gasteiger partial charge in [0, 0.05) is 11.7 Å². The Kier molecular flexibility index (Phi) is 8.53. The van der Waals surface area contributed by atoms with Gasteiger partial charge in [-0.15, -0.1) is 0 Å². The number of nitrogens with one attached hydrogen (secondary N) is 2. The molecular weight excluding hydrogens is 505 g/mol. The van der Waals surface area contributed by atoms with Gasteiger partial charge in [-0.25, -0.2) is 4.85 Å². The Morgan fingerprint density at radius 1 is 0.946 bits per heavy atom. The molecule has 0 heterocycles. The average Bonchev–Trinajstić information content (AvgIpc) is 3.35. The fourth-order valence-electron chi connectivity index (χ4n) is 5.03. The molecule has 3 aromatic rings. The maximum atomic E-state index is 13.4. The van der Waals surface area contributed by atoms with Crippen molar-refractivity contribution in [3.05, 3.63) is 105 Å². The third kappa shape index (κ3) is 6.52. The normalized spacial score (nSPS) is 15.0. The number of hydrogen-bond acceptors (Lipinski definition) is 2. The maximum Gasteiger partial charge on any atom is 0.258 e. The SMILES string of the molecule is [C-]#[N+]c1ccc(CC2(C(=O)NC(C)Cc3ccc(NC(=O)c4c(Cl)cccc4Cl)cc3)CCCC2)cc1. The summed E-state index contributed by atoms with van der Waals surface area (Å²) >= 11 is 12.3. The van der Waals surface area contributed by atoms with E-state index in [4.69, 9.17) is 29.8 Å². The van der Waals surface area contributed by atoms with Gasteiger partial charge in [-0.05, 0) is 68.0 Å². The van der Waals surface area contributed by atoms with E-state index >= 15 is 0 Å². The second kappa shape index (κ2) is 11.8. The summed E-state index contributed by atoms with van der Waals surface area (Å²) < 4.78 is 0. The molecule has 4 rings (SSSR count). The van der Waals surface area contributed by atoms with Crippen LogP contribution in [0, 0.1) is 12.0 Å². The molecule has 5 nitrogen and oxygen atoms in total. The molecule has 37 heavy (non-hydrogen) atoms. The van der Waals surface area contributed by atoms with Crippen LogP contribution >= 0.6 is 23.2 Å². The maximum absolute atomic E-state index is 13.4. The van der Waals surface area contributed by atoms with Crippen molar-refractivity contribution in [1.82, 2.24) is 5.32 Å². The van der Waals surface area contributed by atoms with Crippen molar-refractivity contribution in [2.24, 2.45) is 5.41 Å². The van der Waals surface area contributed by atoms with Crippen LogP contribution in [-0.2, 0) is 17.6 Å². The van der Waals surface area contributed by atoms with Crippen LogP contribution in [0.15, 0.2) is 66.7 Å². The van der Waals surface area contributed by atoms with Gasteiger partial charge in [0.2, 0.25) is 5.91 Å². The van der Waals surface area contributed by atoms with Gasteiger partial charge in [-0.1, -0.05) is 78.5 Å². The Morgan fingerprint density at radius 3 is 2.14 bits per heavy atom. The molecule has 1 aliphatic carbocycles. The molecule has 2 N–H and O–H groups in total. The molecule has 0 radical (unpaired) electrons. The van der Waals surface area contributed by atoms with Crippen LogP contribution in [0.4, 0.5) is 11.4 Å². The Labute approximate surface area is 228 Å². The van der Waals surface area contributed by atoms with Gasteiger partial charge in [0.25, 0.3) is 5.91 Å². The third-order valence-corrected chi connectivity index (χ3v) is 7.60. The van der Waals surface area contributed by atoms with Crippen molar-refractivity contribution in [3.63, 3.8) is 0 Å². The van der Waals surface area contributed by atoms with Gasteiger partial charge < -0.3 is 10.6 Å². The van der Waals surface area contributed by atoms with Crippen LogP contribution in [-0.4, -0.2) is 17.9 Å². The fourth-order valence-corrected chi connectivity index (χ4v) is 5.60. The number of carbonyl (C=O) groups excluding carboxylic acids is 2. The predicted octanol–water partition coefficient (Wildman–Crippen LogP) is 7.65. The lowest BCUT2D eigenvalue weighted by atomic mass is 9.78. The zero-order chi connectivity index (χ0) is 26.4. The number of halogens is 2. The quantitative estimate of drug-likeness (QED) is 0.292. The molecule has 0 saturated heterocycles. The van der Waals surface area contributed by atoms with Gasteiger partial charge in [-0.3, -0.25) is 9.59 Å². The summed E-state index contributed by atoms with van der Waals surface area (Å²) in [5, 5.41) is 6.67. The molecule has 1 unspecified atom stereocenters. The van der Waals surface area contributed by atoms with Crippen molar-refractivity contribution < 1.29 is 9.59 Å². The van der Waals surface area contributed by atoms with Gasteiger partial charge >= 0.3 is 0 Å². The van der Waals surface area contributed by atoms with E-state index in [2.05, 4.69) is 15.5 Å². The molecular formula is C30H29Cl2N3O2. The molecule has 7 heteroatoms. The first-order valence-corrected chi connectivity index (χ1v) is 13.2. The molecule has 190 valence electrons. The number of benzene rings is 3. The minimum atomic E-state index is -0.401. The number of anilines is 1. The zero-order valence-corrected chi connectivity index (χ0v) is 22.2. The first-order valence-electron chi connectivity index (χ1n) is 12.4. The fraction of sp³-hybridized carbons (Fsp3) is 0.300. The lowest BCUT2D eigenvalue weighted by molar-refractivity contribution is -0.131. The lowest BCUT2D eigenvalue weighted by Crippen LogP contribution is -2.45. The number of hydrogen-bond donors (Lipinski definition) is 2. The predicted molar refractivity (Wildman–Crippen MR) is 149 cm³/mol. The van der Waals surface area contributed by atoms with Crippen molar-refractivity contribution in [2.75, 3.05) is 5.32 Å². The largest absolute Gasteiger partial charge is 0.353 e. The molecule has 1 fully saturated rings. The molecule has 3 aromatic carbocycles. The molecule has 1 aliphatic rings. The van der Waals surface area contributed by atoms with Crippen LogP contribution in [0.5, 0.6) is 0 Å². The van der Waals surface area contributed by atoms with E-state index in [1.807, 2.05) is 55.5 Å². The minimum absolute atomic E-state index is 0.0446. The summed E-state index contributed by atoms with van der Waals surface area (Å²) in [5.74, 6) is -0.262. The van der Waals surface area contributed by atoms with E-state index in [1.165, 1.54) is 0 Å². The second-order valence-electron chi connectivity index (χ2n) is 9.77. The molecule has 0 spiro atoms. The Bertz CT molecular complexity index is 1290. The highest BCUT2D eigenvalue weighted by molar-refractivity contribution is 6.40. The highest BCUT2D eigenvalue weighted by atomic mass is 35.5. The van der Waals surface area contributed by atoms with E-state index in [9.17, 15) is 9.59 Å². The van der Waals surface area contributed by atoms with E-state index in [0.29, 0.717) is 34.3 Å². The van der Waals surface area contributed by atoms with Gasteiger partial charge in [0.15, 0.2) is 5.69 Å². The number of rotatable bonds is 8. The minimum Gasteiger partial charge on any atom is -0.353 e. The highest BCUT2D eigenvalue weighted by Crippen LogP contribution is 2.41. The van der Waals surface area contributed by atoms with E-state index in [-0.39, 0.29) is 23.4 Å². The number of nitrogens with zero attached hydrogens (tertiary/aromatic N) is 1. The Hall–Kier alpha value is -3.33. The van der Waals surface area contributed by atoms with E-state index < -0.39 is 5.41 Å². The van der Waals surface area contributed by atoms with Crippen molar-refractivity contribution >= 4 is 46.4 Å².